The van der Waals surface area contributed by atoms with E-state index in [-0.39, 0.29) is 25.0 Å². The Morgan fingerprint density at radius 3 is 2.71 bits per heavy atom. The smallest absolute Gasteiger partial charge is 0.251 e. The quantitative estimate of drug-likeness (QED) is 0.741. The Labute approximate surface area is 142 Å². The molecule has 1 aromatic rings. The van der Waals surface area contributed by atoms with Crippen molar-refractivity contribution in [1.82, 2.24) is 15.1 Å². The Kier molecular flexibility index (Phi) is 6.30. The Morgan fingerprint density at radius 2 is 2.08 bits per heavy atom. The number of rotatable bonds is 6. The number of aliphatic hydroxyl groups excluding tert-OH is 1. The molecule has 0 aromatic heterocycles. The van der Waals surface area contributed by atoms with Crippen LogP contribution in [0.1, 0.15) is 11.6 Å². The lowest BCUT2D eigenvalue weighted by Crippen LogP contribution is -2.54. The highest BCUT2D eigenvalue weighted by atomic mass is 16.5. The van der Waals surface area contributed by atoms with Gasteiger partial charge in [-0.3, -0.25) is 9.59 Å². The summed E-state index contributed by atoms with van der Waals surface area (Å²) in [7, 11) is 5.37. The highest BCUT2D eigenvalue weighted by Crippen LogP contribution is 2.28. The van der Waals surface area contributed by atoms with Crippen molar-refractivity contribution < 1.29 is 19.4 Å². The summed E-state index contributed by atoms with van der Waals surface area (Å²) >= 11 is 0. The maximum atomic E-state index is 12.5. The fourth-order valence-corrected chi connectivity index (χ4v) is 2.78. The van der Waals surface area contributed by atoms with E-state index in [9.17, 15) is 14.7 Å². The molecular weight excluding hydrogens is 310 g/mol. The van der Waals surface area contributed by atoms with Gasteiger partial charge in [-0.05, 0) is 19.7 Å². The van der Waals surface area contributed by atoms with Crippen LogP contribution in [0, 0.1) is 0 Å². The molecule has 1 saturated heterocycles. The molecule has 1 aromatic carbocycles. The van der Waals surface area contributed by atoms with Gasteiger partial charge in [-0.25, -0.2) is 0 Å². The number of nitrogens with zero attached hydrogens (tertiary/aromatic N) is 2. The van der Waals surface area contributed by atoms with E-state index in [0.717, 1.165) is 5.56 Å². The third kappa shape index (κ3) is 4.53. The molecule has 1 fully saturated rings. The lowest BCUT2D eigenvalue weighted by atomic mass is 9.97. The van der Waals surface area contributed by atoms with Gasteiger partial charge < -0.3 is 25.0 Å². The second-order valence-electron chi connectivity index (χ2n) is 6.25. The van der Waals surface area contributed by atoms with Crippen molar-refractivity contribution in [3.8, 4) is 0 Å². The van der Waals surface area contributed by atoms with Gasteiger partial charge in [0.1, 0.15) is 6.61 Å². The largest absolute Gasteiger partial charge is 0.390 e. The van der Waals surface area contributed by atoms with Crippen LogP contribution in [-0.4, -0.2) is 79.8 Å². The first-order valence-corrected chi connectivity index (χ1v) is 7.93. The Balaban J connectivity index is 2.08. The third-order valence-electron chi connectivity index (χ3n) is 3.97. The number of morpholine rings is 1. The molecule has 3 unspecified atom stereocenters. The minimum atomic E-state index is -0.804. The number of benzene rings is 1. The highest BCUT2D eigenvalue weighted by Gasteiger charge is 2.39. The van der Waals surface area contributed by atoms with Gasteiger partial charge in [0, 0.05) is 20.1 Å². The molecule has 0 radical (unpaired) electrons. The molecule has 7 heteroatoms. The molecule has 2 N–H and O–H groups in total. The number of likely N-dealkylation sites (N-methyl/N-ethyl adjacent to an activating group) is 2. The number of nitrogens with one attached hydrogen (secondary N) is 1. The van der Waals surface area contributed by atoms with E-state index in [1.807, 2.05) is 49.3 Å². The van der Waals surface area contributed by atoms with Crippen LogP contribution in [-0.2, 0) is 14.3 Å². The summed E-state index contributed by atoms with van der Waals surface area (Å²) in [6.45, 7) is 0.459. The number of hydrogen-bond donors (Lipinski definition) is 2. The Morgan fingerprint density at radius 1 is 1.42 bits per heavy atom. The first-order chi connectivity index (χ1) is 11.4. The van der Waals surface area contributed by atoms with Crippen molar-refractivity contribution in [3.63, 3.8) is 0 Å². The summed E-state index contributed by atoms with van der Waals surface area (Å²) < 4.78 is 5.51. The molecule has 1 aliphatic heterocycles. The Bertz CT molecular complexity index is 564. The molecule has 7 nitrogen and oxygen atoms in total. The second-order valence-corrected chi connectivity index (χ2v) is 6.25. The standard InChI is InChI=1S/C17H25N3O4/c1-19(2)10-13(21)9-18-17(23)16-15(12-7-5-4-6-8-12)20(3)14(22)11-24-16/h4-8,13,15-16,21H,9-11H2,1-3H3,(H,18,23). The van der Waals surface area contributed by atoms with Gasteiger partial charge in [-0.2, -0.15) is 0 Å². The van der Waals surface area contributed by atoms with Crippen LogP contribution in [0.15, 0.2) is 30.3 Å². The van der Waals surface area contributed by atoms with Crippen LogP contribution < -0.4 is 5.32 Å². The van der Waals surface area contributed by atoms with Crippen molar-refractivity contribution in [3.05, 3.63) is 35.9 Å². The van der Waals surface area contributed by atoms with E-state index in [1.54, 1.807) is 11.9 Å². The van der Waals surface area contributed by atoms with Gasteiger partial charge in [-0.15, -0.1) is 0 Å². The van der Waals surface area contributed by atoms with Crippen molar-refractivity contribution in [2.24, 2.45) is 0 Å². The predicted octanol–water partition coefficient (Wildman–Crippen LogP) is -0.376. The van der Waals surface area contributed by atoms with Gasteiger partial charge in [0.05, 0.1) is 12.1 Å². The first-order valence-electron chi connectivity index (χ1n) is 7.93. The van der Waals surface area contributed by atoms with Crippen LogP contribution in [0.3, 0.4) is 0 Å². The molecular formula is C17H25N3O4. The summed E-state index contributed by atoms with van der Waals surface area (Å²) in [6, 6.07) is 8.84. The van der Waals surface area contributed by atoms with Crippen LogP contribution in [0.4, 0.5) is 0 Å². The second kappa shape index (κ2) is 8.23. The van der Waals surface area contributed by atoms with Gasteiger partial charge in [-0.1, -0.05) is 30.3 Å². The van der Waals surface area contributed by atoms with E-state index < -0.39 is 18.2 Å². The monoisotopic (exact) mass is 335 g/mol. The van der Waals surface area contributed by atoms with E-state index in [1.165, 1.54) is 0 Å². The number of hydrogen-bond acceptors (Lipinski definition) is 5. The number of carbonyl (C=O) groups excluding carboxylic acids is 2. The predicted molar refractivity (Wildman–Crippen MR) is 89.3 cm³/mol. The lowest BCUT2D eigenvalue weighted by molar-refractivity contribution is -0.162. The van der Waals surface area contributed by atoms with Crippen molar-refractivity contribution in [1.29, 1.82) is 0 Å². The Hall–Kier alpha value is -1.96. The maximum absolute atomic E-state index is 12.5. The summed E-state index contributed by atoms with van der Waals surface area (Å²) in [6.07, 6.45) is -1.47. The number of ether oxygens (including phenoxy) is 1. The maximum Gasteiger partial charge on any atom is 0.251 e. The topological polar surface area (TPSA) is 82.1 Å². The van der Waals surface area contributed by atoms with Crippen molar-refractivity contribution in [2.75, 3.05) is 40.8 Å². The summed E-state index contributed by atoms with van der Waals surface area (Å²) in [5.41, 5.74) is 0.835. The summed E-state index contributed by atoms with van der Waals surface area (Å²) in [5.74, 6) is -0.499. The molecule has 2 rings (SSSR count). The molecule has 0 bridgehead atoms. The molecule has 0 spiro atoms. The molecule has 1 heterocycles. The number of amides is 2. The zero-order valence-corrected chi connectivity index (χ0v) is 14.3. The highest BCUT2D eigenvalue weighted by molar-refractivity contribution is 5.86. The average Bonchev–Trinajstić information content (AvgIpc) is 2.55. The SMILES string of the molecule is CN(C)CC(O)CNC(=O)C1OCC(=O)N(C)C1c1ccccc1. The zero-order valence-electron chi connectivity index (χ0n) is 14.3. The van der Waals surface area contributed by atoms with E-state index >= 15 is 0 Å². The molecule has 0 aliphatic carbocycles. The molecule has 0 saturated carbocycles. The van der Waals surface area contributed by atoms with Crippen molar-refractivity contribution in [2.45, 2.75) is 18.2 Å². The fraction of sp³-hybridized carbons (Fsp3) is 0.529. The van der Waals surface area contributed by atoms with E-state index in [0.29, 0.717) is 6.54 Å². The molecule has 2 amide bonds. The van der Waals surface area contributed by atoms with E-state index in [4.69, 9.17) is 4.74 Å². The minimum Gasteiger partial charge on any atom is -0.390 e. The summed E-state index contributed by atoms with van der Waals surface area (Å²) in [4.78, 5) is 27.9. The average molecular weight is 335 g/mol. The van der Waals surface area contributed by atoms with Crippen molar-refractivity contribution >= 4 is 11.8 Å². The van der Waals surface area contributed by atoms with Gasteiger partial charge in [0.25, 0.3) is 5.91 Å². The van der Waals surface area contributed by atoms with Crippen LogP contribution in [0.2, 0.25) is 0 Å². The molecule has 24 heavy (non-hydrogen) atoms. The third-order valence-corrected chi connectivity index (χ3v) is 3.97. The number of aliphatic hydroxyl groups is 1. The zero-order chi connectivity index (χ0) is 17.7. The van der Waals surface area contributed by atoms with Crippen LogP contribution in [0.25, 0.3) is 0 Å². The molecule has 1 aliphatic rings. The van der Waals surface area contributed by atoms with Gasteiger partial charge in [0.2, 0.25) is 5.91 Å². The van der Waals surface area contributed by atoms with Crippen LogP contribution in [0.5, 0.6) is 0 Å². The van der Waals surface area contributed by atoms with Gasteiger partial charge >= 0.3 is 0 Å². The lowest BCUT2D eigenvalue weighted by Gasteiger charge is -2.38. The van der Waals surface area contributed by atoms with E-state index in [2.05, 4.69) is 5.32 Å². The minimum absolute atomic E-state index is 0.127. The number of carbonyl (C=O) groups is 2. The first kappa shape index (κ1) is 18.4. The van der Waals surface area contributed by atoms with Gasteiger partial charge in [0.15, 0.2) is 6.10 Å². The molecule has 3 atom stereocenters. The van der Waals surface area contributed by atoms with Crippen LogP contribution >= 0.6 is 0 Å². The molecule has 132 valence electrons. The summed E-state index contributed by atoms with van der Waals surface area (Å²) in [5, 5.41) is 12.6. The fourth-order valence-electron chi connectivity index (χ4n) is 2.78. The normalized spacial score (nSPS) is 22.5.